The number of halogens is 2. The number of nitrogens with zero attached hydrogens (tertiary/aromatic N) is 1. The van der Waals surface area contributed by atoms with Crippen molar-refractivity contribution in [3.05, 3.63) is 59.1 Å². The van der Waals surface area contributed by atoms with Crippen LogP contribution in [-0.2, 0) is 20.2 Å². The smallest absolute Gasteiger partial charge is 0.265 e. The minimum absolute atomic E-state index is 0.0424. The highest BCUT2D eigenvalue weighted by molar-refractivity contribution is 7.90. The third-order valence-electron chi connectivity index (χ3n) is 3.34. The van der Waals surface area contributed by atoms with Crippen LogP contribution in [0.4, 0.5) is 4.39 Å². The predicted octanol–water partition coefficient (Wildman–Crippen LogP) is 2.66. The highest BCUT2D eigenvalue weighted by Crippen LogP contribution is 2.28. The van der Waals surface area contributed by atoms with Crippen LogP contribution in [0.2, 0.25) is 5.02 Å². The fourth-order valence-corrected chi connectivity index (χ4v) is 3.17. The number of sulfonamides is 1. The standard InChI is InChI=1S/C15H14ClFN2O3S/c1-15(2,12-6-5-10(16)8-13(12)17)14(20)19-23(21,22)11-4-3-7-18-9-11/h3-9H,1-2H3,(H,19,20). The molecule has 0 spiro atoms. The molecule has 0 fully saturated rings. The van der Waals surface area contributed by atoms with Gasteiger partial charge in [0.25, 0.3) is 10.0 Å². The molecule has 0 bridgehead atoms. The summed E-state index contributed by atoms with van der Waals surface area (Å²) in [5, 5.41) is 0.186. The van der Waals surface area contributed by atoms with E-state index in [4.69, 9.17) is 11.6 Å². The van der Waals surface area contributed by atoms with E-state index in [9.17, 15) is 17.6 Å². The highest BCUT2D eigenvalue weighted by atomic mass is 35.5. The zero-order chi connectivity index (χ0) is 17.3. The molecule has 0 unspecified atom stereocenters. The molecule has 0 aliphatic carbocycles. The molecule has 2 rings (SSSR count). The number of amides is 1. The van der Waals surface area contributed by atoms with Crippen LogP contribution in [0.3, 0.4) is 0 Å². The Hall–Kier alpha value is -1.99. The van der Waals surface area contributed by atoms with Gasteiger partial charge in [-0.25, -0.2) is 17.5 Å². The van der Waals surface area contributed by atoms with E-state index in [0.717, 1.165) is 12.3 Å². The molecule has 23 heavy (non-hydrogen) atoms. The second-order valence-electron chi connectivity index (χ2n) is 5.37. The van der Waals surface area contributed by atoms with Crippen LogP contribution in [-0.4, -0.2) is 19.3 Å². The molecule has 1 amide bonds. The van der Waals surface area contributed by atoms with Crippen molar-refractivity contribution in [3.8, 4) is 0 Å². The number of benzene rings is 1. The summed E-state index contributed by atoms with van der Waals surface area (Å²) in [6.45, 7) is 2.85. The Morgan fingerprint density at radius 3 is 2.57 bits per heavy atom. The van der Waals surface area contributed by atoms with Gasteiger partial charge in [0.1, 0.15) is 10.7 Å². The summed E-state index contributed by atoms with van der Waals surface area (Å²) in [7, 11) is -4.08. The van der Waals surface area contributed by atoms with Gasteiger partial charge in [0.15, 0.2) is 0 Å². The maximum Gasteiger partial charge on any atom is 0.265 e. The van der Waals surface area contributed by atoms with E-state index >= 15 is 0 Å². The summed E-state index contributed by atoms with van der Waals surface area (Å²) in [5.74, 6) is -1.54. The third kappa shape index (κ3) is 3.68. The number of aromatic nitrogens is 1. The van der Waals surface area contributed by atoms with Gasteiger partial charge in [0.2, 0.25) is 5.91 Å². The summed E-state index contributed by atoms with van der Waals surface area (Å²) in [6, 6.07) is 6.60. The number of rotatable bonds is 4. The molecular formula is C15H14ClFN2O3S. The van der Waals surface area contributed by atoms with Crippen molar-refractivity contribution in [2.24, 2.45) is 0 Å². The number of carbonyl (C=O) groups is 1. The fraction of sp³-hybridized carbons (Fsp3) is 0.200. The lowest BCUT2D eigenvalue weighted by Gasteiger charge is -2.24. The van der Waals surface area contributed by atoms with Gasteiger partial charge >= 0.3 is 0 Å². The van der Waals surface area contributed by atoms with E-state index in [2.05, 4.69) is 4.98 Å². The quantitative estimate of drug-likeness (QED) is 0.913. The first-order valence-electron chi connectivity index (χ1n) is 6.57. The second-order valence-corrected chi connectivity index (χ2v) is 7.49. The van der Waals surface area contributed by atoms with Gasteiger partial charge in [-0.2, -0.15) is 0 Å². The molecule has 0 atom stereocenters. The molecule has 0 aliphatic rings. The Labute approximate surface area is 138 Å². The summed E-state index contributed by atoms with van der Waals surface area (Å²) < 4.78 is 40.3. The van der Waals surface area contributed by atoms with Gasteiger partial charge in [0, 0.05) is 23.0 Å². The normalized spacial score (nSPS) is 12.0. The molecule has 0 aliphatic heterocycles. The summed E-state index contributed by atoms with van der Waals surface area (Å²) in [4.78, 5) is 15.9. The van der Waals surface area contributed by atoms with Gasteiger partial charge < -0.3 is 0 Å². The topological polar surface area (TPSA) is 76.1 Å². The minimum atomic E-state index is -4.08. The van der Waals surface area contributed by atoms with Crippen molar-refractivity contribution in [3.63, 3.8) is 0 Å². The van der Waals surface area contributed by atoms with E-state index in [0.29, 0.717) is 0 Å². The maximum atomic E-state index is 14.0. The van der Waals surface area contributed by atoms with Crippen LogP contribution in [0.15, 0.2) is 47.6 Å². The Balaban J connectivity index is 2.32. The molecule has 1 aromatic carbocycles. The number of pyridine rings is 1. The molecule has 0 saturated heterocycles. The molecule has 1 heterocycles. The van der Waals surface area contributed by atoms with Crippen LogP contribution in [0.1, 0.15) is 19.4 Å². The van der Waals surface area contributed by atoms with Gasteiger partial charge in [-0.1, -0.05) is 17.7 Å². The first kappa shape index (κ1) is 17.4. The largest absolute Gasteiger partial charge is 0.273 e. The van der Waals surface area contributed by atoms with Gasteiger partial charge in [-0.3, -0.25) is 9.78 Å². The second kappa shape index (κ2) is 6.25. The van der Waals surface area contributed by atoms with Crippen molar-refractivity contribution in [1.82, 2.24) is 9.71 Å². The third-order valence-corrected chi connectivity index (χ3v) is 4.90. The zero-order valence-corrected chi connectivity index (χ0v) is 14.0. The summed E-state index contributed by atoms with van der Waals surface area (Å²) in [6.07, 6.45) is 2.53. The molecule has 2 aromatic rings. The SMILES string of the molecule is CC(C)(C(=O)NS(=O)(=O)c1cccnc1)c1ccc(Cl)cc1F. The molecule has 1 N–H and O–H groups in total. The average Bonchev–Trinajstić information content (AvgIpc) is 2.47. The van der Waals surface area contributed by atoms with Crippen molar-refractivity contribution >= 4 is 27.5 Å². The van der Waals surface area contributed by atoms with E-state index in [1.807, 2.05) is 4.72 Å². The van der Waals surface area contributed by atoms with Gasteiger partial charge in [-0.15, -0.1) is 0 Å². The predicted molar refractivity (Wildman–Crippen MR) is 84.0 cm³/mol. The summed E-state index contributed by atoms with van der Waals surface area (Å²) in [5.41, 5.74) is -1.37. The monoisotopic (exact) mass is 356 g/mol. The molecular weight excluding hydrogens is 343 g/mol. The minimum Gasteiger partial charge on any atom is -0.273 e. The average molecular weight is 357 g/mol. The molecule has 0 saturated carbocycles. The van der Waals surface area contributed by atoms with Crippen LogP contribution in [0, 0.1) is 5.82 Å². The molecule has 8 heteroatoms. The van der Waals surface area contributed by atoms with E-state index < -0.39 is 27.2 Å². The van der Waals surface area contributed by atoms with Gasteiger partial charge in [0.05, 0.1) is 5.41 Å². The van der Waals surface area contributed by atoms with Crippen LogP contribution in [0.5, 0.6) is 0 Å². The fourth-order valence-electron chi connectivity index (χ4n) is 1.93. The van der Waals surface area contributed by atoms with Crippen molar-refractivity contribution in [2.45, 2.75) is 24.2 Å². The number of carbonyl (C=O) groups excluding carboxylic acids is 1. The Bertz CT molecular complexity index is 839. The number of hydrogen-bond donors (Lipinski definition) is 1. The first-order chi connectivity index (χ1) is 10.6. The van der Waals surface area contributed by atoms with Crippen molar-refractivity contribution in [2.75, 3.05) is 0 Å². The zero-order valence-electron chi connectivity index (χ0n) is 12.4. The van der Waals surface area contributed by atoms with Crippen LogP contribution < -0.4 is 4.72 Å². The Kier molecular flexibility index (Phi) is 4.72. The molecule has 0 radical (unpaired) electrons. The Morgan fingerprint density at radius 2 is 2.00 bits per heavy atom. The Morgan fingerprint density at radius 1 is 1.30 bits per heavy atom. The lowest BCUT2D eigenvalue weighted by molar-refractivity contribution is -0.123. The maximum absolute atomic E-state index is 14.0. The van der Waals surface area contributed by atoms with E-state index in [1.54, 1.807) is 0 Å². The van der Waals surface area contributed by atoms with Crippen LogP contribution >= 0.6 is 11.6 Å². The molecule has 122 valence electrons. The van der Waals surface area contributed by atoms with E-state index in [-0.39, 0.29) is 15.5 Å². The summed E-state index contributed by atoms with van der Waals surface area (Å²) >= 11 is 5.69. The highest BCUT2D eigenvalue weighted by Gasteiger charge is 2.35. The van der Waals surface area contributed by atoms with Crippen molar-refractivity contribution in [1.29, 1.82) is 0 Å². The van der Waals surface area contributed by atoms with Crippen molar-refractivity contribution < 1.29 is 17.6 Å². The van der Waals surface area contributed by atoms with E-state index in [1.165, 1.54) is 44.3 Å². The van der Waals surface area contributed by atoms with Gasteiger partial charge in [-0.05, 0) is 38.1 Å². The lowest BCUT2D eigenvalue weighted by Crippen LogP contribution is -2.43. The number of nitrogens with one attached hydrogen (secondary N) is 1. The van der Waals surface area contributed by atoms with Crippen LogP contribution in [0.25, 0.3) is 0 Å². The lowest BCUT2D eigenvalue weighted by atomic mass is 9.83. The molecule has 1 aromatic heterocycles. The first-order valence-corrected chi connectivity index (χ1v) is 8.43. The molecule has 5 nitrogen and oxygen atoms in total. The number of hydrogen-bond acceptors (Lipinski definition) is 4.